The Morgan fingerprint density at radius 1 is 1.16 bits per heavy atom. The van der Waals surface area contributed by atoms with Crippen molar-refractivity contribution in [3.05, 3.63) is 57.8 Å². The van der Waals surface area contributed by atoms with Gasteiger partial charge >= 0.3 is 0 Å². The third-order valence-corrected chi connectivity index (χ3v) is 6.98. The molecule has 0 aliphatic rings. The predicted octanol–water partition coefficient (Wildman–Crippen LogP) is 5.61. The van der Waals surface area contributed by atoms with Crippen molar-refractivity contribution in [2.75, 3.05) is 16.8 Å². The van der Waals surface area contributed by atoms with Crippen molar-refractivity contribution in [2.45, 2.75) is 26.2 Å². The Hall–Kier alpha value is -3.41. The van der Waals surface area contributed by atoms with E-state index in [2.05, 4.69) is 37.1 Å². The number of nitrogens with one attached hydrogen (secondary N) is 1. The van der Waals surface area contributed by atoms with E-state index in [1.807, 2.05) is 41.8 Å². The Balaban J connectivity index is 1.77. The van der Waals surface area contributed by atoms with E-state index in [0.29, 0.717) is 32.0 Å². The molecular weight excluding hydrogens is 426 g/mol. The smallest absolute Gasteiger partial charge is 0.267 e. The molecule has 5 N–H and O–H groups in total. The van der Waals surface area contributed by atoms with Crippen LogP contribution < -0.4 is 16.8 Å². The number of hydrogen-bond acceptors (Lipinski definition) is 7. The first-order valence-electron chi connectivity index (χ1n) is 9.58. The maximum absolute atomic E-state index is 13.0. The van der Waals surface area contributed by atoms with Gasteiger partial charge in [-0.3, -0.25) is 4.79 Å². The van der Waals surface area contributed by atoms with E-state index < -0.39 is 0 Å². The quantitative estimate of drug-likeness (QED) is 0.377. The SMILES string of the molecule is CC(C)(C)c1ccc(NC(=O)c2sc3nc(N)c(C#N)c(-c4cccs4)c3c2N)cc1. The lowest BCUT2D eigenvalue weighted by Gasteiger charge is -2.19. The van der Waals surface area contributed by atoms with E-state index >= 15 is 0 Å². The molecule has 0 unspecified atom stereocenters. The molecular formula is C23H21N5OS2. The van der Waals surface area contributed by atoms with Gasteiger partial charge in [0.2, 0.25) is 0 Å². The number of rotatable bonds is 3. The molecule has 156 valence electrons. The summed E-state index contributed by atoms with van der Waals surface area (Å²) in [5, 5.41) is 15.1. The predicted molar refractivity (Wildman–Crippen MR) is 130 cm³/mol. The van der Waals surface area contributed by atoms with Gasteiger partial charge in [-0.25, -0.2) is 4.98 Å². The largest absolute Gasteiger partial charge is 0.397 e. The van der Waals surface area contributed by atoms with Crippen LogP contribution in [0.3, 0.4) is 0 Å². The van der Waals surface area contributed by atoms with E-state index in [1.165, 1.54) is 28.2 Å². The number of aromatic nitrogens is 1. The summed E-state index contributed by atoms with van der Waals surface area (Å²) in [6, 6.07) is 13.7. The average Bonchev–Trinajstić information content (AvgIpc) is 3.35. The number of nitrogens with zero attached hydrogens (tertiary/aromatic N) is 2. The summed E-state index contributed by atoms with van der Waals surface area (Å²) in [4.78, 5) is 19.1. The summed E-state index contributed by atoms with van der Waals surface area (Å²) in [7, 11) is 0. The summed E-state index contributed by atoms with van der Waals surface area (Å²) >= 11 is 2.65. The number of carbonyl (C=O) groups excluding carboxylic acids is 1. The Labute approximate surface area is 188 Å². The molecule has 31 heavy (non-hydrogen) atoms. The monoisotopic (exact) mass is 447 g/mol. The van der Waals surface area contributed by atoms with Gasteiger partial charge < -0.3 is 16.8 Å². The molecule has 0 aliphatic carbocycles. The molecule has 0 atom stereocenters. The molecule has 1 amide bonds. The number of carbonyl (C=O) groups is 1. The van der Waals surface area contributed by atoms with Gasteiger partial charge in [-0.15, -0.1) is 22.7 Å². The zero-order valence-corrected chi connectivity index (χ0v) is 18.9. The van der Waals surface area contributed by atoms with Crippen LogP contribution >= 0.6 is 22.7 Å². The van der Waals surface area contributed by atoms with Crippen molar-refractivity contribution >= 4 is 56.0 Å². The Kier molecular flexibility index (Phi) is 5.17. The summed E-state index contributed by atoms with van der Waals surface area (Å²) in [6.07, 6.45) is 0. The van der Waals surface area contributed by atoms with Crippen LogP contribution in [0.25, 0.3) is 20.7 Å². The topological polar surface area (TPSA) is 118 Å². The maximum Gasteiger partial charge on any atom is 0.267 e. The number of fused-ring (bicyclic) bond motifs is 1. The highest BCUT2D eigenvalue weighted by atomic mass is 32.1. The second kappa shape index (κ2) is 7.69. The minimum absolute atomic E-state index is 0.0285. The normalized spacial score (nSPS) is 11.4. The van der Waals surface area contributed by atoms with E-state index in [9.17, 15) is 10.1 Å². The number of anilines is 3. The number of nitrogens with two attached hydrogens (primary N) is 2. The number of amides is 1. The lowest BCUT2D eigenvalue weighted by molar-refractivity contribution is 0.103. The van der Waals surface area contributed by atoms with Crippen LogP contribution in [0.5, 0.6) is 0 Å². The van der Waals surface area contributed by atoms with Crippen LogP contribution in [0, 0.1) is 11.3 Å². The first-order valence-corrected chi connectivity index (χ1v) is 11.3. The number of nitrogen functional groups attached to an aromatic ring is 2. The molecule has 0 radical (unpaired) electrons. The zero-order valence-electron chi connectivity index (χ0n) is 17.3. The molecule has 0 fully saturated rings. The maximum atomic E-state index is 13.0. The lowest BCUT2D eigenvalue weighted by Crippen LogP contribution is -2.13. The number of hydrogen-bond donors (Lipinski definition) is 3. The fourth-order valence-corrected chi connectivity index (χ4v) is 5.15. The second-order valence-corrected chi connectivity index (χ2v) is 10.1. The highest BCUT2D eigenvalue weighted by Crippen LogP contribution is 2.44. The van der Waals surface area contributed by atoms with Crippen LogP contribution in [-0.2, 0) is 5.41 Å². The van der Waals surface area contributed by atoms with E-state index in [-0.39, 0.29) is 22.7 Å². The molecule has 0 aliphatic heterocycles. The lowest BCUT2D eigenvalue weighted by atomic mass is 9.87. The molecule has 0 saturated carbocycles. The number of pyridine rings is 1. The van der Waals surface area contributed by atoms with Crippen LogP contribution in [0.4, 0.5) is 17.2 Å². The van der Waals surface area contributed by atoms with Crippen molar-refractivity contribution in [2.24, 2.45) is 0 Å². The standard InChI is InChI=1S/C23H21N5OS2/c1-23(2,3)12-6-8-13(9-7-12)27-21(29)19-18(25)17-16(15-5-4-10-30-15)14(11-24)20(26)28-22(17)31-19/h4-10H,25H2,1-3H3,(H2,26,28)(H,27,29). The summed E-state index contributed by atoms with van der Waals surface area (Å²) in [5.74, 6) is -0.192. The zero-order chi connectivity index (χ0) is 22.3. The molecule has 4 aromatic rings. The Morgan fingerprint density at radius 2 is 1.87 bits per heavy atom. The van der Waals surface area contributed by atoms with Crippen molar-refractivity contribution < 1.29 is 4.79 Å². The number of benzene rings is 1. The van der Waals surface area contributed by atoms with Gasteiger partial charge in [0.25, 0.3) is 5.91 Å². The van der Waals surface area contributed by atoms with Gasteiger partial charge in [0, 0.05) is 21.5 Å². The highest BCUT2D eigenvalue weighted by Gasteiger charge is 2.25. The van der Waals surface area contributed by atoms with Gasteiger partial charge in [-0.2, -0.15) is 5.26 Å². The molecule has 3 aromatic heterocycles. The van der Waals surface area contributed by atoms with Gasteiger partial charge in [0.05, 0.1) is 5.69 Å². The van der Waals surface area contributed by atoms with E-state index in [0.717, 1.165) is 4.88 Å². The van der Waals surface area contributed by atoms with Crippen LogP contribution in [-0.4, -0.2) is 10.9 Å². The molecule has 1 aromatic carbocycles. The van der Waals surface area contributed by atoms with Crippen LogP contribution in [0.1, 0.15) is 41.6 Å². The summed E-state index contributed by atoms with van der Waals surface area (Å²) in [5.41, 5.74) is 15.5. The molecule has 4 rings (SSSR count). The fraction of sp³-hybridized carbons (Fsp3) is 0.174. The number of thiophene rings is 2. The van der Waals surface area contributed by atoms with Gasteiger partial charge in [-0.05, 0) is 34.6 Å². The molecule has 3 heterocycles. The highest BCUT2D eigenvalue weighted by molar-refractivity contribution is 7.21. The Bertz CT molecular complexity index is 1320. The first-order chi connectivity index (χ1) is 14.7. The van der Waals surface area contributed by atoms with Crippen molar-refractivity contribution in [1.82, 2.24) is 4.98 Å². The second-order valence-electron chi connectivity index (χ2n) is 8.14. The van der Waals surface area contributed by atoms with Crippen molar-refractivity contribution in [3.63, 3.8) is 0 Å². The summed E-state index contributed by atoms with van der Waals surface area (Å²) in [6.45, 7) is 6.41. The fourth-order valence-electron chi connectivity index (χ4n) is 3.36. The number of nitriles is 1. The van der Waals surface area contributed by atoms with E-state index in [1.54, 1.807) is 0 Å². The minimum atomic E-state index is -0.321. The van der Waals surface area contributed by atoms with Gasteiger partial charge in [0.1, 0.15) is 27.2 Å². The third-order valence-electron chi connectivity index (χ3n) is 5.00. The first kappa shape index (κ1) is 20.8. The average molecular weight is 448 g/mol. The van der Waals surface area contributed by atoms with E-state index in [4.69, 9.17) is 11.5 Å². The minimum Gasteiger partial charge on any atom is -0.397 e. The van der Waals surface area contributed by atoms with Crippen molar-refractivity contribution in [3.8, 4) is 16.5 Å². The third kappa shape index (κ3) is 3.74. The van der Waals surface area contributed by atoms with Crippen LogP contribution in [0.2, 0.25) is 0 Å². The summed E-state index contributed by atoms with van der Waals surface area (Å²) < 4.78 is 0. The molecule has 0 bridgehead atoms. The Morgan fingerprint density at radius 3 is 2.45 bits per heavy atom. The van der Waals surface area contributed by atoms with Gasteiger partial charge in [0.15, 0.2) is 0 Å². The van der Waals surface area contributed by atoms with Crippen molar-refractivity contribution in [1.29, 1.82) is 5.26 Å². The molecule has 8 heteroatoms. The molecule has 0 saturated heterocycles. The molecule has 6 nitrogen and oxygen atoms in total. The van der Waals surface area contributed by atoms with Crippen LogP contribution in [0.15, 0.2) is 41.8 Å². The molecule has 0 spiro atoms. The van der Waals surface area contributed by atoms with Gasteiger partial charge in [-0.1, -0.05) is 39.0 Å².